The molecule has 6 nitrogen and oxygen atoms in total. The molecule has 0 saturated carbocycles. The Morgan fingerprint density at radius 1 is 1.07 bits per heavy atom. The van der Waals surface area contributed by atoms with E-state index in [1.807, 2.05) is 36.6 Å². The molecule has 142 valence electrons. The second-order valence-corrected chi connectivity index (χ2v) is 6.87. The number of amides is 1. The van der Waals surface area contributed by atoms with Gasteiger partial charge in [0.2, 0.25) is 5.91 Å². The van der Waals surface area contributed by atoms with Gasteiger partial charge in [0, 0.05) is 22.9 Å². The van der Waals surface area contributed by atoms with Gasteiger partial charge in [-0.15, -0.1) is 0 Å². The van der Waals surface area contributed by atoms with Crippen LogP contribution in [0.2, 0.25) is 0 Å². The molecule has 0 radical (unpaired) electrons. The SMILES string of the molecule is CSc1nc(-c2ccccc2)cc(=O)n1CC(=O)Nc1ccc(C(C)=O)cc1. The first-order valence-corrected chi connectivity index (χ1v) is 9.82. The molecular formula is C21H19N3O3S. The average molecular weight is 393 g/mol. The maximum atomic E-state index is 12.6. The third-order valence-corrected chi connectivity index (χ3v) is 4.78. The van der Waals surface area contributed by atoms with Crippen molar-refractivity contribution in [2.45, 2.75) is 18.6 Å². The predicted molar refractivity (Wildman–Crippen MR) is 111 cm³/mol. The van der Waals surface area contributed by atoms with Crippen molar-refractivity contribution in [3.8, 4) is 11.3 Å². The summed E-state index contributed by atoms with van der Waals surface area (Å²) in [4.78, 5) is 40.8. The Morgan fingerprint density at radius 3 is 2.36 bits per heavy atom. The van der Waals surface area contributed by atoms with Gasteiger partial charge in [-0.1, -0.05) is 42.1 Å². The van der Waals surface area contributed by atoms with E-state index in [0.29, 0.717) is 22.1 Å². The molecule has 0 aliphatic carbocycles. The molecule has 0 unspecified atom stereocenters. The number of Topliss-reactive ketones (excluding diaryl/α,β-unsaturated/α-hetero) is 1. The highest BCUT2D eigenvalue weighted by atomic mass is 32.2. The van der Waals surface area contributed by atoms with Gasteiger partial charge in [0.1, 0.15) is 6.54 Å². The average Bonchev–Trinajstić information content (AvgIpc) is 2.70. The highest BCUT2D eigenvalue weighted by Gasteiger charge is 2.13. The lowest BCUT2D eigenvalue weighted by atomic mass is 10.1. The largest absolute Gasteiger partial charge is 0.325 e. The number of thioether (sulfide) groups is 1. The van der Waals surface area contributed by atoms with Crippen LogP contribution >= 0.6 is 11.8 Å². The number of benzene rings is 2. The fourth-order valence-corrected chi connectivity index (χ4v) is 3.24. The van der Waals surface area contributed by atoms with E-state index in [1.165, 1.54) is 29.3 Å². The van der Waals surface area contributed by atoms with Crippen molar-refractivity contribution in [2.24, 2.45) is 0 Å². The van der Waals surface area contributed by atoms with Gasteiger partial charge in [-0.05, 0) is 37.4 Å². The number of nitrogens with one attached hydrogen (secondary N) is 1. The molecule has 1 aromatic heterocycles. The molecular weight excluding hydrogens is 374 g/mol. The quantitative estimate of drug-likeness (QED) is 0.394. The lowest BCUT2D eigenvalue weighted by molar-refractivity contribution is -0.116. The van der Waals surface area contributed by atoms with Crippen LogP contribution in [0.15, 0.2) is 70.6 Å². The monoisotopic (exact) mass is 393 g/mol. The maximum absolute atomic E-state index is 12.6. The molecule has 0 aliphatic rings. The summed E-state index contributed by atoms with van der Waals surface area (Å²) in [6.07, 6.45) is 1.81. The van der Waals surface area contributed by atoms with E-state index in [2.05, 4.69) is 10.3 Å². The molecule has 1 N–H and O–H groups in total. The van der Waals surface area contributed by atoms with Crippen LogP contribution in [-0.4, -0.2) is 27.5 Å². The second kappa shape index (κ2) is 8.67. The van der Waals surface area contributed by atoms with Crippen molar-refractivity contribution in [3.63, 3.8) is 0 Å². The zero-order chi connectivity index (χ0) is 20.1. The first kappa shape index (κ1) is 19.6. The van der Waals surface area contributed by atoms with Gasteiger partial charge in [-0.3, -0.25) is 19.0 Å². The van der Waals surface area contributed by atoms with Crippen molar-refractivity contribution >= 4 is 29.1 Å². The molecule has 3 aromatic rings. The summed E-state index contributed by atoms with van der Waals surface area (Å²) in [7, 11) is 0. The van der Waals surface area contributed by atoms with Gasteiger partial charge >= 0.3 is 0 Å². The van der Waals surface area contributed by atoms with Crippen LogP contribution in [0.1, 0.15) is 17.3 Å². The summed E-state index contributed by atoms with van der Waals surface area (Å²) in [5.41, 5.74) is 2.26. The third kappa shape index (κ3) is 4.55. The Hall–Kier alpha value is -3.19. The Morgan fingerprint density at radius 2 is 1.75 bits per heavy atom. The highest BCUT2D eigenvalue weighted by Crippen LogP contribution is 2.19. The van der Waals surface area contributed by atoms with E-state index in [1.54, 1.807) is 24.3 Å². The number of hydrogen-bond donors (Lipinski definition) is 1. The smallest absolute Gasteiger partial charge is 0.255 e. The minimum Gasteiger partial charge on any atom is -0.325 e. The maximum Gasteiger partial charge on any atom is 0.255 e. The number of ketones is 1. The molecule has 3 rings (SSSR count). The molecule has 28 heavy (non-hydrogen) atoms. The number of carbonyl (C=O) groups excluding carboxylic acids is 2. The van der Waals surface area contributed by atoms with Gasteiger partial charge in [0.05, 0.1) is 5.69 Å². The standard InChI is InChI=1S/C21H19N3O3S/c1-14(25)15-8-10-17(11-9-15)22-19(26)13-24-20(27)12-18(23-21(24)28-2)16-6-4-3-5-7-16/h3-12H,13H2,1-2H3,(H,22,26). The van der Waals surface area contributed by atoms with Crippen LogP contribution in [0.25, 0.3) is 11.3 Å². The molecule has 0 aliphatic heterocycles. The number of rotatable bonds is 6. The van der Waals surface area contributed by atoms with Crippen molar-refractivity contribution in [3.05, 3.63) is 76.6 Å². The molecule has 0 bridgehead atoms. The molecule has 1 heterocycles. The predicted octanol–water partition coefficient (Wildman–Crippen LogP) is 3.47. The van der Waals surface area contributed by atoms with E-state index in [-0.39, 0.29) is 23.8 Å². The summed E-state index contributed by atoms with van der Waals surface area (Å²) in [6.45, 7) is 1.33. The van der Waals surface area contributed by atoms with E-state index in [4.69, 9.17) is 0 Å². The van der Waals surface area contributed by atoms with E-state index in [0.717, 1.165) is 5.56 Å². The Kier molecular flexibility index (Phi) is 6.06. The second-order valence-electron chi connectivity index (χ2n) is 6.10. The molecule has 0 saturated heterocycles. The minimum atomic E-state index is -0.345. The lowest BCUT2D eigenvalue weighted by Crippen LogP contribution is -2.29. The molecule has 0 fully saturated rings. The van der Waals surface area contributed by atoms with E-state index in [9.17, 15) is 14.4 Å². The van der Waals surface area contributed by atoms with Crippen LogP contribution in [0, 0.1) is 0 Å². The van der Waals surface area contributed by atoms with Crippen LogP contribution in [0.3, 0.4) is 0 Å². The topological polar surface area (TPSA) is 81.1 Å². The number of anilines is 1. The van der Waals surface area contributed by atoms with Crippen LogP contribution in [0.4, 0.5) is 5.69 Å². The van der Waals surface area contributed by atoms with Crippen molar-refractivity contribution in [1.82, 2.24) is 9.55 Å². The highest BCUT2D eigenvalue weighted by molar-refractivity contribution is 7.98. The Labute approximate surface area is 166 Å². The Bertz CT molecular complexity index is 1060. The minimum absolute atomic E-state index is 0.0429. The fourth-order valence-electron chi connectivity index (χ4n) is 2.68. The summed E-state index contributed by atoms with van der Waals surface area (Å²) in [5.74, 6) is -0.388. The summed E-state index contributed by atoms with van der Waals surface area (Å²) < 4.78 is 1.34. The van der Waals surface area contributed by atoms with Gasteiger partial charge in [0.25, 0.3) is 5.56 Å². The molecule has 2 aromatic carbocycles. The van der Waals surface area contributed by atoms with Gasteiger partial charge in [-0.25, -0.2) is 4.98 Å². The molecule has 1 amide bonds. The summed E-state index contributed by atoms with van der Waals surface area (Å²) in [6, 6.07) is 17.5. The fraction of sp³-hybridized carbons (Fsp3) is 0.143. The van der Waals surface area contributed by atoms with Crippen LogP contribution < -0.4 is 10.9 Å². The van der Waals surface area contributed by atoms with Gasteiger partial charge < -0.3 is 5.32 Å². The van der Waals surface area contributed by atoms with E-state index >= 15 is 0 Å². The van der Waals surface area contributed by atoms with E-state index < -0.39 is 0 Å². The third-order valence-electron chi connectivity index (χ3n) is 4.10. The zero-order valence-electron chi connectivity index (χ0n) is 15.5. The molecule has 0 atom stereocenters. The molecule has 0 spiro atoms. The summed E-state index contributed by atoms with van der Waals surface area (Å²) in [5, 5.41) is 3.20. The first-order chi connectivity index (χ1) is 13.5. The number of nitrogens with zero attached hydrogens (tertiary/aromatic N) is 2. The Balaban J connectivity index is 1.80. The zero-order valence-corrected chi connectivity index (χ0v) is 16.3. The van der Waals surface area contributed by atoms with Crippen LogP contribution in [0.5, 0.6) is 0 Å². The number of aromatic nitrogens is 2. The normalized spacial score (nSPS) is 10.5. The summed E-state index contributed by atoms with van der Waals surface area (Å²) >= 11 is 1.31. The number of carbonyl (C=O) groups is 2. The van der Waals surface area contributed by atoms with Gasteiger partial charge in [-0.2, -0.15) is 0 Å². The van der Waals surface area contributed by atoms with Gasteiger partial charge in [0.15, 0.2) is 10.9 Å². The number of hydrogen-bond acceptors (Lipinski definition) is 5. The van der Waals surface area contributed by atoms with Crippen LogP contribution in [-0.2, 0) is 11.3 Å². The lowest BCUT2D eigenvalue weighted by Gasteiger charge is -2.12. The van der Waals surface area contributed by atoms with Crippen molar-refractivity contribution < 1.29 is 9.59 Å². The van der Waals surface area contributed by atoms with Crippen molar-refractivity contribution in [1.29, 1.82) is 0 Å². The van der Waals surface area contributed by atoms with Crippen molar-refractivity contribution in [2.75, 3.05) is 11.6 Å². The first-order valence-electron chi connectivity index (χ1n) is 8.60. The molecule has 7 heteroatoms.